The zero-order valence-electron chi connectivity index (χ0n) is 15.2. The van der Waals surface area contributed by atoms with Crippen molar-refractivity contribution in [1.82, 2.24) is 5.32 Å². The van der Waals surface area contributed by atoms with Crippen LogP contribution < -0.4 is 14.8 Å². The van der Waals surface area contributed by atoms with E-state index in [1.54, 1.807) is 24.3 Å². The van der Waals surface area contributed by atoms with E-state index in [9.17, 15) is 4.79 Å². The van der Waals surface area contributed by atoms with Crippen molar-refractivity contribution in [2.75, 3.05) is 14.2 Å². The molecule has 0 aromatic heterocycles. The van der Waals surface area contributed by atoms with Gasteiger partial charge < -0.3 is 19.9 Å². The Balaban J connectivity index is 2.17. The van der Waals surface area contributed by atoms with Crippen molar-refractivity contribution in [1.29, 1.82) is 0 Å². The van der Waals surface area contributed by atoms with Crippen LogP contribution in [0, 0.1) is 11.2 Å². The first-order valence-electron chi connectivity index (χ1n) is 8.31. The lowest BCUT2D eigenvalue weighted by Crippen LogP contribution is -2.34. The normalized spacial score (nSPS) is 17.5. The molecule has 5 nitrogen and oxygen atoms in total. The van der Waals surface area contributed by atoms with Crippen molar-refractivity contribution >= 4 is 6.09 Å². The van der Waals surface area contributed by atoms with Crippen molar-refractivity contribution in [3.8, 4) is 22.6 Å². The third-order valence-electron chi connectivity index (χ3n) is 4.93. The maximum atomic E-state index is 15.0. The number of hydrogen-bond donors (Lipinski definition) is 2. The van der Waals surface area contributed by atoms with Gasteiger partial charge in [0.2, 0.25) is 0 Å². The van der Waals surface area contributed by atoms with E-state index in [4.69, 9.17) is 14.6 Å². The Morgan fingerprint density at radius 2 is 1.85 bits per heavy atom. The number of ether oxygens (including phenoxy) is 2. The predicted octanol–water partition coefficient (Wildman–Crippen LogP) is 4.40. The molecule has 2 aromatic carbocycles. The molecule has 0 spiro atoms. The lowest BCUT2D eigenvalue weighted by molar-refractivity contribution is 0.175. The molecule has 0 saturated heterocycles. The van der Waals surface area contributed by atoms with Crippen LogP contribution in [0.25, 0.3) is 11.1 Å². The molecule has 138 valence electrons. The molecule has 1 amide bonds. The van der Waals surface area contributed by atoms with Crippen LogP contribution in [-0.2, 0) is 6.42 Å². The summed E-state index contributed by atoms with van der Waals surface area (Å²) < 4.78 is 25.8. The highest BCUT2D eigenvalue weighted by Crippen LogP contribution is 2.48. The Hall–Kier alpha value is -2.76. The summed E-state index contributed by atoms with van der Waals surface area (Å²) in [5, 5.41) is 11.7. The molecule has 26 heavy (non-hydrogen) atoms. The molecule has 0 fully saturated rings. The van der Waals surface area contributed by atoms with Crippen LogP contribution in [0.4, 0.5) is 9.18 Å². The standard InChI is InChI=1S/C20H22FNO4/c1-20(2)10-11-8-13(14(21)9-12(11)18(20)22-19(23)24)17-15(25-3)6-5-7-16(17)26-4/h5-9,18,22H,10H2,1-4H3,(H,23,24). The molecule has 3 rings (SSSR count). The molecule has 0 radical (unpaired) electrons. The van der Waals surface area contributed by atoms with Gasteiger partial charge in [0.25, 0.3) is 0 Å². The second kappa shape index (κ2) is 6.52. The smallest absolute Gasteiger partial charge is 0.405 e. The fraction of sp³-hybridized carbons (Fsp3) is 0.350. The average Bonchev–Trinajstić information content (AvgIpc) is 2.82. The third-order valence-corrected chi connectivity index (χ3v) is 4.93. The quantitative estimate of drug-likeness (QED) is 0.849. The van der Waals surface area contributed by atoms with E-state index in [0.29, 0.717) is 34.6 Å². The molecule has 0 aliphatic heterocycles. The number of methoxy groups -OCH3 is 2. The first-order chi connectivity index (χ1) is 12.3. The fourth-order valence-electron chi connectivity index (χ4n) is 3.77. The number of benzene rings is 2. The van der Waals surface area contributed by atoms with Crippen molar-refractivity contribution in [3.63, 3.8) is 0 Å². The molecular formula is C20H22FNO4. The summed E-state index contributed by atoms with van der Waals surface area (Å²) in [5.41, 5.74) is 2.16. The summed E-state index contributed by atoms with van der Waals surface area (Å²) in [6.45, 7) is 3.93. The summed E-state index contributed by atoms with van der Waals surface area (Å²) in [4.78, 5) is 11.2. The van der Waals surface area contributed by atoms with E-state index in [2.05, 4.69) is 5.32 Å². The molecule has 1 aliphatic carbocycles. The summed E-state index contributed by atoms with van der Waals surface area (Å²) >= 11 is 0. The highest BCUT2D eigenvalue weighted by Gasteiger charge is 2.41. The van der Waals surface area contributed by atoms with Crippen molar-refractivity contribution in [2.24, 2.45) is 5.41 Å². The minimum absolute atomic E-state index is 0.351. The number of rotatable bonds is 4. The van der Waals surface area contributed by atoms with Crippen molar-refractivity contribution < 1.29 is 23.8 Å². The second-order valence-electron chi connectivity index (χ2n) is 7.12. The molecule has 1 aliphatic rings. The van der Waals surface area contributed by atoms with Crippen LogP contribution in [0.15, 0.2) is 30.3 Å². The van der Waals surface area contributed by atoms with Crippen LogP contribution in [0.5, 0.6) is 11.5 Å². The number of fused-ring (bicyclic) bond motifs is 1. The molecule has 0 saturated carbocycles. The monoisotopic (exact) mass is 359 g/mol. The number of nitrogens with one attached hydrogen (secondary N) is 1. The highest BCUT2D eigenvalue weighted by atomic mass is 19.1. The van der Waals surface area contributed by atoms with Gasteiger partial charge in [0, 0.05) is 5.56 Å². The maximum absolute atomic E-state index is 15.0. The first kappa shape index (κ1) is 18.0. The van der Waals surface area contributed by atoms with E-state index in [0.717, 1.165) is 5.56 Å². The number of halogens is 1. The Morgan fingerprint density at radius 3 is 2.38 bits per heavy atom. The van der Waals surface area contributed by atoms with E-state index in [-0.39, 0.29) is 5.41 Å². The van der Waals surface area contributed by atoms with Gasteiger partial charge in [0.1, 0.15) is 17.3 Å². The highest BCUT2D eigenvalue weighted by molar-refractivity contribution is 5.78. The minimum atomic E-state index is -1.12. The lowest BCUT2D eigenvalue weighted by atomic mass is 9.85. The number of hydrogen-bond acceptors (Lipinski definition) is 3. The van der Waals surface area contributed by atoms with Gasteiger partial charge in [-0.25, -0.2) is 9.18 Å². The van der Waals surface area contributed by atoms with Crippen molar-refractivity contribution in [2.45, 2.75) is 26.3 Å². The third kappa shape index (κ3) is 2.96. The predicted molar refractivity (Wildman–Crippen MR) is 96.3 cm³/mol. The first-order valence-corrected chi connectivity index (χ1v) is 8.31. The van der Waals surface area contributed by atoms with Gasteiger partial charge in [-0.15, -0.1) is 0 Å². The van der Waals surface area contributed by atoms with Gasteiger partial charge in [-0.1, -0.05) is 19.9 Å². The zero-order chi connectivity index (χ0) is 19.1. The van der Waals surface area contributed by atoms with Gasteiger partial charge in [0.15, 0.2) is 0 Å². The molecular weight excluding hydrogens is 337 g/mol. The lowest BCUT2D eigenvalue weighted by Gasteiger charge is -2.27. The molecule has 6 heteroatoms. The van der Waals surface area contributed by atoms with Gasteiger partial charge in [0.05, 0.1) is 25.8 Å². The molecule has 2 N–H and O–H groups in total. The second-order valence-corrected chi connectivity index (χ2v) is 7.12. The topological polar surface area (TPSA) is 67.8 Å². The van der Waals surface area contributed by atoms with E-state index < -0.39 is 18.0 Å². The Labute approximate surface area is 151 Å². The van der Waals surface area contributed by atoms with Gasteiger partial charge in [-0.2, -0.15) is 0 Å². The van der Waals surface area contributed by atoms with Crippen LogP contribution in [0.3, 0.4) is 0 Å². The SMILES string of the molecule is COc1cccc(OC)c1-c1cc2c(cc1F)C(NC(=O)O)C(C)(C)C2. The van der Waals surface area contributed by atoms with Crippen LogP contribution >= 0.6 is 0 Å². The Bertz CT molecular complexity index is 841. The van der Waals surface area contributed by atoms with E-state index in [1.165, 1.54) is 20.3 Å². The summed E-state index contributed by atoms with van der Waals surface area (Å²) in [6.07, 6.45) is -0.482. The average molecular weight is 359 g/mol. The van der Waals surface area contributed by atoms with E-state index in [1.807, 2.05) is 13.8 Å². The Morgan fingerprint density at radius 1 is 1.23 bits per heavy atom. The summed E-state index contributed by atoms with van der Waals surface area (Å²) in [6, 6.07) is 8.02. The molecule has 1 unspecified atom stereocenters. The number of carboxylic acid groups (broad SMARTS) is 1. The molecule has 2 aromatic rings. The van der Waals surface area contributed by atoms with E-state index >= 15 is 4.39 Å². The maximum Gasteiger partial charge on any atom is 0.405 e. The molecule has 0 bridgehead atoms. The Kier molecular flexibility index (Phi) is 4.52. The van der Waals surface area contributed by atoms with Gasteiger partial charge >= 0.3 is 6.09 Å². The largest absolute Gasteiger partial charge is 0.496 e. The van der Waals surface area contributed by atoms with Crippen LogP contribution in [0.1, 0.15) is 31.0 Å². The van der Waals surface area contributed by atoms with Crippen LogP contribution in [-0.4, -0.2) is 25.4 Å². The fourth-order valence-corrected chi connectivity index (χ4v) is 3.77. The number of carbonyl (C=O) groups is 1. The number of amides is 1. The van der Waals surface area contributed by atoms with Gasteiger partial charge in [-0.05, 0) is 47.2 Å². The van der Waals surface area contributed by atoms with Gasteiger partial charge in [-0.3, -0.25) is 0 Å². The summed E-state index contributed by atoms with van der Waals surface area (Å²) in [7, 11) is 3.05. The molecule has 0 heterocycles. The van der Waals surface area contributed by atoms with Crippen molar-refractivity contribution in [3.05, 3.63) is 47.3 Å². The minimum Gasteiger partial charge on any atom is -0.496 e. The summed E-state index contributed by atoms with van der Waals surface area (Å²) in [5.74, 6) is 0.586. The zero-order valence-corrected chi connectivity index (χ0v) is 15.2. The van der Waals surface area contributed by atoms with Crippen LogP contribution in [0.2, 0.25) is 0 Å². The molecule has 1 atom stereocenters.